The fourth-order valence-electron chi connectivity index (χ4n) is 1.42. The second kappa shape index (κ2) is 7.80. The van der Waals surface area contributed by atoms with Gasteiger partial charge in [-0.05, 0) is 20.8 Å². The normalized spacial score (nSPS) is 9.52. The molecule has 1 amide bonds. The number of amides is 1. The van der Waals surface area contributed by atoms with Crippen LogP contribution in [0.4, 0.5) is 0 Å². The number of aryl methyl sites for hydroxylation is 2. The first-order valence-electron chi connectivity index (χ1n) is 6.19. The number of nitrogens with two attached hydrogens (primary N) is 1. The van der Waals surface area contributed by atoms with Crippen LogP contribution in [0.2, 0.25) is 0 Å². The molecule has 0 spiro atoms. The van der Waals surface area contributed by atoms with E-state index in [4.69, 9.17) is 10.6 Å². The molecule has 0 bridgehead atoms. The number of hydrogen-bond acceptors (Lipinski definition) is 6. The van der Waals surface area contributed by atoms with Crippen molar-refractivity contribution in [1.29, 1.82) is 0 Å². The summed E-state index contributed by atoms with van der Waals surface area (Å²) in [6.45, 7) is 5.69. The molecule has 0 saturated carbocycles. The molecule has 0 aliphatic carbocycles. The molecule has 0 saturated heterocycles. The van der Waals surface area contributed by atoms with Crippen molar-refractivity contribution in [1.82, 2.24) is 25.8 Å². The van der Waals surface area contributed by atoms with E-state index in [0.717, 1.165) is 5.69 Å². The van der Waals surface area contributed by atoms with Crippen LogP contribution in [0.1, 0.15) is 39.0 Å². The molecule has 9 heteroatoms. The van der Waals surface area contributed by atoms with Crippen LogP contribution >= 0.6 is 0 Å². The van der Waals surface area contributed by atoms with Crippen molar-refractivity contribution in [3.63, 3.8) is 0 Å². The number of aromatic amines is 2. The number of nitrogens with zero attached hydrogens (tertiary/aromatic N) is 2. The van der Waals surface area contributed by atoms with E-state index in [1.54, 1.807) is 20.8 Å². The van der Waals surface area contributed by atoms with Crippen LogP contribution in [0.15, 0.2) is 12.4 Å². The van der Waals surface area contributed by atoms with Crippen LogP contribution in [0.3, 0.4) is 0 Å². The molecule has 0 aliphatic rings. The summed E-state index contributed by atoms with van der Waals surface area (Å²) in [5.74, 6) is 4.24. The van der Waals surface area contributed by atoms with Crippen molar-refractivity contribution >= 4 is 11.9 Å². The fraction of sp³-hybridized carbons (Fsp3) is 0.333. The second-order valence-corrected chi connectivity index (χ2v) is 4.01. The Labute approximate surface area is 121 Å². The Morgan fingerprint density at radius 3 is 2.10 bits per heavy atom. The van der Waals surface area contributed by atoms with E-state index >= 15 is 0 Å². The molecule has 0 radical (unpaired) electrons. The van der Waals surface area contributed by atoms with Crippen molar-refractivity contribution in [3.8, 4) is 0 Å². The molecule has 0 fully saturated rings. The largest absolute Gasteiger partial charge is 0.462 e. The zero-order valence-corrected chi connectivity index (χ0v) is 12.1. The molecule has 0 aromatic carbocycles. The van der Waals surface area contributed by atoms with Crippen LogP contribution < -0.4 is 11.3 Å². The highest BCUT2D eigenvalue weighted by Crippen LogP contribution is 2.03. The third-order valence-electron chi connectivity index (χ3n) is 2.53. The lowest BCUT2D eigenvalue weighted by Crippen LogP contribution is -2.30. The summed E-state index contributed by atoms with van der Waals surface area (Å²) in [6, 6.07) is 0. The summed E-state index contributed by atoms with van der Waals surface area (Å²) < 4.78 is 4.77. The number of carbonyl (C=O) groups is 2. The summed E-state index contributed by atoms with van der Waals surface area (Å²) >= 11 is 0. The van der Waals surface area contributed by atoms with Crippen LogP contribution in [-0.2, 0) is 4.74 Å². The van der Waals surface area contributed by atoms with E-state index in [1.165, 1.54) is 12.4 Å². The highest BCUT2D eigenvalue weighted by Gasteiger charge is 2.10. The number of nitrogen functional groups attached to an aromatic ring is 1. The summed E-state index contributed by atoms with van der Waals surface area (Å²) in [4.78, 5) is 21.8. The van der Waals surface area contributed by atoms with E-state index in [0.29, 0.717) is 23.4 Å². The Morgan fingerprint density at radius 1 is 1.19 bits per heavy atom. The third-order valence-corrected chi connectivity index (χ3v) is 2.53. The minimum absolute atomic E-state index is 0.321. The van der Waals surface area contributed by atoms with E-state index in [1.807, 2.05) is 5.43 Å². The van der Waals surface area contributed by atoms with Crippen LogP contribution in [0.25, 0.3) is 0 Å². The maximum Gasteiger partial charge on any atom is 0.341 e. The van der Waals surface area contributed by atoms with E-state index in [2.05, 4.69) is 20.4 Å². The zero-order valence-electron chi connectivity index (χ0n) is 12.1. The summed E-state index contributed by atoms with van der Waals surface area (Å²) in [5.41, 5.74) is 4.44. The predicted octanol–water partition coefficient (Wildman–Crippen LogP) is 0.216. The average Bonchev–Trinajstić information content (AvgIpc) is 3.07. The van der Waals surface area contributed by atoms with Gasteiger partial charge in [0.05, 0.1) is 24.6 Å². The minimum atomic E-state index is -0.328. The Morgan fingerprint density at radius 2 is 1.71 bits per heavy atom. The molecule has 5 N–H and O–H groups in total. The molecule has 0 atom stereocenters. The van der Waals surface area contributed by atoms with Crippen molar-refractivity contribution in [3.05, 3.63) is 34.9 Å². The van der Waals surface area contributed by atoms with Gasteiger partial charge in [-0.15, -0.1) is 0 Å². The highest BCUT2D eigenvalue weighted by molar-refractivity contribution is 5.94. The lowest BCUT2D eigenvalue weighted by Gasteiger charge is -1.97. The lowest BCUT2D eigenvalue weighted by atomic mass is 10.2. The number of rotatable bonds is 3. The second-order valence-electron chi connectivity index (χ2n) is 4.01. The average molecular weight is 294 g/mol. The predicted molar refractivity (Wildman–Crippen MR) is 74.3 cm³/mol. The Hall–Kier alpha value is -2.68. The van der Waals surface area contributed by atoms with E-state index in [-0.39, 0.29) is 11.9 Å². The van der Waals surface area contributed by atoms with E-state index < -0.39 is 0 Å². The molecule has 2 aromatic heterocycles. The topological polar surface area (TPSA) is 139 Å². The maximum atomic E-state index is 11.0. The number of aromatic nitrogens is 4. The summed E-state index contributed by atoms with van der Waals surface area (Å²) in [6.07, 6.45) is 2.89. The number of H-pyrrole nitrogens is 2. The zero-order chi connectivity index (χ0) is 15.8. The van der Waals surface area contributed by atoms with Gasteiger partial charge in [0.2, 0.25) is 0 Å². The molecule has 0 aliphatic heterocycles. The molecule has 21 heavy (non-hydrogen) atoms. The molecule has 114 valence electrons. The highest BCUT2D eigenvalue weighted by atomic mass is 16.5. The van der Waals surface area contributed by atoms with Gasteiger partial charge in [-0.1, -0.05) is 0 Å². The first kappa shape index (κ1) is 16.4. The van der Waals surface area contributed by atoms with Gasteiger partial charge >= 0.3 is 5.97 Å². The summed E-state index contributed by atoms with van der Waals surface area (Å²) in [7, 11) is 0. The quantitative estimate of drug-likeness (QED) is 0.276. The van der Waals surface area contributed by atoms with Gasteiger partial charge in [0.15, 0.2) is 0 Å². The molecule has 0 unspecified atom stereocenters. The maximum absolute atomic E-state index is 11.0. The minimum Gasteiger partial charge on any atom is -0.462 e. The smallest absolute Gasteiger partial charge is 0.341 e. The van der Waals surface area contributed by atoms with Crippen LogP contribution in [-0.4, -0.2) is 38.9 Å². The number of carbonyl (C=O) groups excluding carboxylic acids is 2. The number of hydrogen-bond donors (Lipinski definition) is 4. The summed E-state index contributed by atoms with van der Waals surface area (Å²) in [5, 5.41) is 12.6. The monoisotopic (exact) mass is 294 g/mol. The molecule has 2 aromatic rings. The standard InChI is InChI=1S/C7H10N2O2.C5H8N4O/c1-3-11-7(10)6-4-8-9-5(6)2;1-3-4(2-7-9-3)5(10)8-6/h4H,3H2,1-2H3,(H,8,9);2H,6H2,1H3,(H,7,9)(H,8,10). The first-order chi connectivity index (χ1) is 10.0. The van der Waals surface area contributed by atoms with Gasteiger partial charge in [-0.3, -0.25) is 20.4 Å². The molecule has 2 rings (SSSR count). The van der Waals surface area contributed by atoms with Crippen molar-refractivity contribution in [2.24, 2.45) is 5.84 Å². The number of hydrazine groups is 1. The van der Waals surface area contributed by atoms with Crippen LogP contribution in [0, 0.1) is 13.8 Å². The van der Waals surface area contributed by atoms with Gasteiger partial charge in [-0.2, -0.15) is 10.2 Å². The van der Waals surface area contributed by atoms with Gasteiger partial charge in [0.1, 0.15) is 5.56 Å². The van der Waals surface area contributed by atoms with Gasteiger partial charge in [0, 0.05) is 11.4 Å². The van der Waals surface area contributed by atoms with Gasteiger partial charge in [-0.25, -0.2) is 10.6 Å². The van der Waals surface area contributed by atoms with Gasteiger partial charge in [0.25, 0.3) is 5.91 Å². The SMILES string of the molecule is CCOC(=O)c1cn[nH]c1C.Cc1[nH]ncc1C(=O)NN. The number of nitrogens with one attached hydrogen (secondary N) is 3. The van der Waals surface area contributed by atoms with E-state index in [9.17, 15) is 9.59 Å². The fourth-order valence-corrected chi connectivity index (χ4v) is 1.42. The lowest BCUT2D eigenvalue weighted by molar-refractivity contribution is 0.0525. The Balaban J connectivity index is 0.000000211. The number of ether oxygens (including phenoxy) is 1. The Bertz CT molecular complexity index is 604. The van der Waals surface area contributed by atoms with Gasteiger partial charge < -0.3 is 4.74 Å². The van der Waals surface area contributed by atoms with Crippen molar-refractivity contribution < 1.29 is 14.3 Å². The molecule has 9 nitrogen and oxygen atoms in total. The molecular weight excluding hydrogens is 276 g/mol. The first-order valence-corrected chi connectivity index (χ1v) is 6.19. The van der Waals surface area contributed by atoms with Crippen LogP contribution in [0.5, 0.6) is 0 Å². The molecule has 2 heterocycles. The number of esters is 1. The third kappa shape index (κ3) is 4.42. The Kier molecular flexibility index (Phi) is 6.08. The van der Waals surface area contributed by atoms with Crippen molar-refractivity contribution in [2.45, 2.75) is 20.8 Å². The van der Waals surface area contributed by atoms with Crippen molar-refractivity contribution in [2.75, 3.05) is 6.61 Å². The molecular formula is C12H18N6O3.